The Kier molecular flexibility index (Phi) is 32.0. The summed E-state index contributed by atoms with van der Waals surface area (Å²) in [6, 6.07) is 21.2. The van der Waals surface area contributed by atoms with Gasteiger partial charge in [-0.1, -0.05) is 121 Å². The number of anilines is 3. The third-order valence-electron chi connectivity index (χ3n) is 20.0. The molecule has 2 atom stereocenters. The van der Waals surface area contributed by atoms with Crippen LogP contribution in [0.3, 0.4) is 0 Å². The quantitative estimate of drug-likeness (QED) is 0.0122. The Morgan fingerprint density at radius 1 is 0.623 bits per heavy atom. The lowest BCUT2D eigenvalue weighted by molar-refractivity contribution is -0.144. The first-order valence-corrected chi connectivity index (χ1v) is 38.2. The lowest BCUT2D eigenvalue weighted by Gasteiger charge is -2.51. The fourth-order valence-electron chi connectivity index (χ4n) is 14.3. The van der Waals surface area contributed by atoms with E-state index in [9.17, 15) is 48.7 Å². The Labute approximate surface area is 622 Å². The Morgan fingerprint density at radius 3 is 1.60 bits per heavy atom. The molecular weight excluding hydrogens is 1350 g/mol. The Hall–Kier alpha value is -9.10. The molecule has 26 heteroatoms. The van der Waals surface area contributed by atoms with Crippen molar-refractivity contribution in [2.45, 2.75) is 211 Å². The van der Waals surface area contributed by atoms with Crippen molar-refractivity contribution in [2.75, 3.05) is 102 Å². The van der Waals surface area contributed by atoms with Crippen LogP contribution in [-0.2, 0) is 60.2 Å². The summed E-state index contributed by atoms with van der Waals surface area (Å²) in [5.74, 6) is -2.13. The van der Waals surface area contributed by atoms with E-state index in [1.54, 1.807) is 19.0 Å². The molecule has 106 heavy (non-hydrogen) atoms. The van der Waals surface area contributed by atoms with Gasteiger partial charge in [0, 0.05) is 112 Å². The number of rotatable bonds is 45. The van der Waals surface area contributed by atoms with Crippen LogP contribution >= 0.6 is 0 Å². The Morgan fingerprint density at radius 2 is 1.10 bits per heavy atom. The van der Waals surface area contributed by atoms with Crippen LogP contribution in [0.4, 0.5) is 21.9 Å². The largest absolute Gasteiger partial charge is 0.484 e. The van der Waals surface area contributed by atoms with E-state index in [4.69, 9.17) is 28.1 Å². The topological polar surface area (TPSA) is 324 Å². The van der Waals surface area contributed by atoms with Gasteiger partial charge in [-0.05, 0) is 147 Å². The van der Waals surface area contributed by atoms with Gasteiger partial charge >= 0.3 is 17.5 Å². The first-order valence-electron chi connectivity index (χ1n) is 38.2. The molecule has 576 valence electrons. The van der Waals surface area contributed by atoms with Crippen LogP contribution in [0.2, 0.25) is 0 Å². The van der Waals surface area contributed by atoms with Gasteiger partial charge in [-0.2, -0.15) is 0 Å². The number of likely N-dealkylation sites (tertiary alicyclic amines) is 1. The summed E-state index contributed by atoms with van der Waals surface area (Å²) in [6.45, 7) is 11.8. The summed E-state index contributed by atoms with van der Waals surface area (Å²) < 4.78 is 34.5. The van der Waals surface area contributed by atoms with Gasteiger partial charge in [0.1, 0.15) is 17.4 Å². The summed E-state index contributed by atoms with van der Waals surface area (Å²) >= 11 is 0. The summed E-state index contributed by atoms with van der Waals surface area (Å²) in [5.41, 5.74) is 15.0. The third-order valence-corrected chi connectivity index (χ3v) is 20.0. The van der Waals surface area contributed by atoms with Crippen molar-refractivity contribution < 1.29 is 61.7 Å². The molecular formula is C80H111N11O15. The van der Waals surface area contributed by atoms with Crippen LogP contribution in [0.25, 0.3) is 21.3 Å². The monoisotopic (exact) mass is 1470 g/mol. The standard InChI is InChI=1S/C80H111N11O15/c1-9-11-13-15-18-22-26-69(92)83-55-29-33-60-64(48-55)80(65-49-56(84-70(93)27-23-19-16-14-12-10-2)30-34-61(65)74(60)62-35-31-57(50-66(62)80)85-71(94)28-24-20-17-21-25-39-82-77(99)106-79(3,4)5)38-37-72(95)88(6)40-42-101-44-46-103-47-45-102-43-41-89(7)75(97)68-51-58(86-87-81)53-91(68)73(96)54-104-59-32-36-63-67(52-59)90(8)78(100)105-76(63)98/h29-36,48-50,52,58,68,74H,9-28,37-47,51,53-54H2,1-8H3,(H,82,99)(H,83,92)(H,84,93)(H,85,94)/t58-,68?,74?,80?/m0/s1. The number of nitrogens with one attached hydrogen (secondary N) is 4. The summed E-state index contributed by atoms with van der Waals surface area (Å²) in [4.78, 5) is 127. The van der Waals surface area contributed by atoms with E-state index >= 15 is 0 Å². The smallest absolute Gasteiger partial charge is 0.422 e. The highest BCUT2D eigenvalue weighted by Crippen LogP contribution is 2.62. The van der Waals surface area contributed by atoms with Gasteiger partial charge in [-0.3, -0.25) is 33.3 Å². The molecule has 1 aromatic heterocycles. The number of unbranched alkanes of at least 4 members (excludes halogenated alkanes) is 14. The van der Waals surface area contributed by atoms with Crippen molar-refractivity contribution in [1.29, 1.82) is 0 Å². The van der Waals surface area contributed by atoms with Crippen LogP contribution < -0.4 is 37.4 Å². The number of nitrogens with zero attached hydrogens (tertiary/aromatic N) is 7. The van der Waals surface area contributed by atoms with Gasteiger partial charge in [-0.15, -0.1) is 0 Å². The zero-order valence-corrected chi connectivity index (χ0v) is 63.5. The van der Waals surface area contributed by atoms with Crippen LogP contribution in [0.15, 0.2) is 91.9 Å². The number of hydrogen-bond acceptors (Lipinski definition) is 16. The van der Waals surface area contributed by atoms with Crippen molar-refractivity contribution in [3.8, 4) is 5.75 Å². The third kappa shape index (κ3) is 23.4. The maximum Gasteiger partial charge on any atom is 0.422 e. The number of benzene rings is 4. The predicted octanol–water partition coefficient (Wildman–Crippen LogP) is 12.9. The molecule has 1 fully saturated rings. The van der Waals surface area contributed by atoms with Gasteiger partial charge in [0.2, 0.25) is 29.5 Å². The first-order chi connectivity index (χ1) is 51.0. The van der Waals surface area contributed by atoms with Gasteiger partial charge in [0.25, 0.3) is 5.91 Å². The summed E-state index contributed by atoms with van der Waals surface area (Å²) in [7, 11) is 4.78. The number of azide groups is 1. The lowest BCUT2D eigenvalue weighted by atomic mass is 9.51. The number of likely N-dealkylation sites (N-methyl/N-ethyl adjacent to an activating group) is 2. The number of alkyl carbamates (subject to hydrolysis) is 1. The van der Waals surface area contributed by atoms with Crippen molar-refractivity contribution >= 4 is 69.5 Å². The van der Waals surface area contributed by atoms with Gasteiger partial charge in [0.15, 0.2) is 6.61 Å². The molecule has 5 aromatic rings. The highest BCUT2D eigenvalue weighted by atomic mass is 16.6. The van der Waals surface area contributed by atoms with E-state index in [1.165, 1.54) is 47.9 Å². The minimum Gasteiger partial charge on any atom is -0.484 e. The predicted molar refractivity (Wildman–Crippen MR) is 407 cm³/mol. The maximum atomic E-state index is 14.7. The van der Waals surface area contributed by atoms with E-state index in [0.717, 1.165) is 128 Å². The lowest BCUT2D eigenvalue weighted by Crippen LogP contribution is -2.48. The van der Waals surface area contributed by atoms with Crippen molar-refractivity contribution in [3.05, 3.63) is 138 Å². The normalized spacial score (nSPS) is 16.1. The molecule has 2 heterocycles. The number of hydrogen-bond donors (Lipinski definition) is 4. The average molecular weight is 1470 g/mol. The summed E-state index contributed by atoms with van der Waals surface area (Å²) in [5, 5.41) is 16.4. The van der Waals surface area contributed by atoms with Crippen LogP contribution in [0, 0.1) is 0 Å². The second-order valence-corrected chi connectivity index (χ2v) is 29.1. The molecule has 0 radical (unpaired) electrons. The highest BCUT2D eigenvalue weighted by molar-refractivity contribution is 5.94. The molecule has 0 spiro atoms. The van der Waals surface area contributed by atoms with E-state index in [-0.39, 0.29) is 118 Å². The zero-order valence-electron chi connectivity index (χ0n) is 63.5. The molecule has 26 nitrogen and oxygen atoms in total. The number of ether oxygens (including phenoxy) is 5. The maximum absolute atomic E-state index is 14.7. The molecule has 4 aromatic carbocycles. The molecule has 4 N–H and O–H groups in total. The molecule has 7 amide bonds. The van der Waals surface area contributed by atoms with Crippen LogP contribution in [-0.4, -0.2) is 165 Å². The number of aryl methyl sites for hydroxylation is 1. The second kappa shape index (κ2) is 41.1. The van der Waals surface area contributed by atoms with Crippen LogP contribution in [0.1, 0.15) is 222 Å². The molecule has 2 bridgehead atoms. The number of aromatic nitrogens is 1. The van der Waals surface area contributed by atoms with Crippen molar-refractivity contribution in [3.63, 3.8) is 0 Å². The Balaban J connectivity index is 0.874. The highest BCUT2D eigenvalue weighted by Gasteiger charge is 2.52. The molecule has 1 unspecified atom stereocenters. The fraction of sp³-hybridized carbons (Fsp3) is 0.588. The Bertz CT molecular complexity index is 3910. The average Bonchev–Trinajstić information content (AvgIpc) is 0.741. The minimum atomic E-state index is -0.984. The van der Waals surface area contributed by atoms with E-state index < -0.39 is 53.1 Å². The fourth-order valence-corrected chi connectivity index (χ4v) is 14.3. The molecule has 0 saturated carbocycles. The number of carbonyl (C=O) groups is 7. The molecule has 4 aliphatic rings. The van der Waals surface area contributed by atoms with E-state index in [0.29, 0.717) is 62.3 Å². The molecule has 3 aliphatic carbocycles. The van der Waals surface area contributed by atoms with E-state index in [2.05, 4.69) is 81.5 Å². The molecule has 1 saturated heterocycles. The van der Waals surface area contributed by atoms with Gasteiger partial charge in [-0.25, -0.2) is 14.4 Å². The summed E-state index contributed by atoms with van der Waals surface area (Å²) in [6.07, 6.45) is 18.0. The first kappa shape index (κ1) is 82.6. The van der Waals surface area contributed by atoms with Crippen molar-refractivity contribution in [1.82, 2.24) is 24.6 Å². The number of fused-ring (bicyclic) bond motifs is 1. The van der Waals surface area contributed by atoms with Gasteiger partial charge in [0.05, 0.1) is 56.6 Å². The van der Waals surface area contributed by atoms with Crippen LogP contribution in [0.5, 0.6) is 5.75 Å². The zero-order chi connectivity index (χ0) is 76.2. The minimum absolute atomic E-state index is 0.00522. The second-order valence-electron chi connectivity index (χ2n) is 29.1. The van der Waals surface area contributed by atoms with Gasteiger partial charge < -0.3 is 64.1 Å². The van der Waals surface area contributed by atoms with Crippen molar-refractivity contribution in [2.24, 2.45) is 12.2 Å². The number of amides is 7. The molecule has 9 rings (SSSR count). The number of carbonyl (C=O) groups excluding carboxylic acids is 7. The SMILES string of the molecule is CCCCCCCCC(=O)Nc1ccc2c(c1)C1(CCC(=O)N(C)CCOCCOCCOCCN(C)C(=O)C3C[C@H](N=[N+]=[N-])CN3C(=O)COc3ccc4c(=O)oc(=O)n(C)c4c3)c3cc(NC(=O)CCCCCCCC)ccc3C2c2ccc(NC(=O)CCCCCCCNC(=O)OC(C)(C)C)cc21. The molecule has 1 aliphatic heterocycles. The van der Waals surface area contributed by atoms with E-state index in [1.807, 2.05) is 39.0 Å².